The van der Waals surface area contributed by atoms with Gasteiger partial charge in [0.15, 0.2) is 0 Å². The van der Waals surface area contributed by atoms with E-state index in [0.29, 0.717) is 12.1 Å². The standard InChI is InChI=1S/C14H23NO2/c1-3-5-13-10-12(7-9-16-13)15-11(2)14-6-4-8-17-14/h4,6,8,11-13,15H,3,5,7,9-10H2,1-2H3/t11-,12?,13?/m0/s1. The van der Waals surface area contributed by atoms with Gasteiger partial charge in [-0.15, -0.1) is 0 Å². The molecule has 2 heterocycles. The second kappa shape index (κ2) is 6.22. The fourth-order valence-electron chi connectivity index (χ4n) is 2.53. The van der Waals surface area contributed by atoms with E-state index >= 15 is 0 Å². The molecule has 0 aromatic carbocycles. The van der Waals surface area contributed by atoms with Crippen LogP contribution in [0.25, 0.3) is 0 Å². The molecule has 1 aromatic rings. The van der Waals surface area contributed by atoms with Crippen molar-refractivity contribution in [2.45, 2.75) is 57.7 Å². The van der Waals surface area contributed by atoms with Crippen LogP contribution in [0.15, 0.2) is 22.8 Å². The van der Waals surface area contributed by atoms with Crippen molar-refractivity contribution in [1.29, 1.82) is 0 Å². The summed E-state index contributed by atoms with van der Waals surface area (Å²) in [6, 6.07) is 4.81. The third kappa shape index (κ3) is 3.58. The average Bonchev–Trinajstić information content (AvgIpc) is 2.83. The topological polar surface area (TPSA) is 34.4 Å². The Balaban J connectivity index is 1.82. The summed E-state index contributed by atoms with van der Waals surface area (Å²) in [6.07, 6.45) is 6.77. The molecule has 0 saturated carbocycles. The van der Waals surface area contributed by atoms with Crippen molar-refractivity contribution in [2.24, 2.45) is 0 Å². The lowest BCUT2D eigenvalue weighted by molar-refractivity contribution is -0.00510. The maximum Gasteiger partial charge on any atom is 0.120 e. The number of rotatable bonds is 5. The van der Waals surface area contributed by atoms with Gasteiger partial charge < -0.3 is 14.5 Å². The third-order valence-corrected chi connectivity index (χ3v) is 3.43. The molecule has 0 bridgehead atoms. The lowest BCUT2D eigenvalue weighted by Crippen LogP contribution is -2.40. The van der Waals surface area contributed by atoms with E-state index in [1.54, 1.807) is 6.26 Å². The Bertz CT molecular complexity index is 308. The van der Waals surface area contributed by atoms with Gasteiger partial charge in [-0.2, -0.15) is 0 Å². The first-order valence-electron chi connectivity index (χ1n) is 6.70. The molecule has 2 unspecified atom stereocenters. The Morgan fingerprint density at radius 3 is 3.12 bits per heavy atom. The molecule has 3 nitrogen and oxygen atoms in total. The predicted octanol–water partition coefficient (Wildman–Crippen LogP) is 3.28. The average molecular weight is 237 g/mol. The van der Waals surface area contributed by atoms with Crippen LogP contribution in [-0.4, -0.2) is 18.8 Å². The van der Waals surface area contributed by atoms with Gasteiger partial charge in [-0.3, -0.25) is 0 Å². The fourth-order valence-corrected chi connectivity index (χ4v) is 2.53. The second-order valence-electron chi connectivity index (χ2n) is 4.91. The summed E-state index contributed by atoms with van der Waals surface area (Å²) in [7, 11) is 0. The molecule has 0 amide bonds. The van der Waals surface area contributed by atoms with Crippen molar-refractivity contribution >= 4 is 0 Å². The van der Waals surface area contributed by atoms with E-state index in [4.69, 9.17) is 9.15 Å². The summed E-state index contributed by atoms with van der Waals surface area (Å²) in [5.74, 6) is 1.02. The fraction of sp³-hybridized carbons (Fsp3) is 0.714. The van der Waals surface area contributed by atoms with Crippen LogP contribution in [0, 0.1) is 0 Å². The van der Waals surface area contributed by atoms with Gasteiger partial charge in [-0.25, -0.2) is 0 Å². The summed E-state index contributed by atoms with van der Waals surface area (Å²) < 4.78 is 11.2. The van der Waals surface area contributed by atoms with Crippen LogP contribution in [-0.2, 0) is 4.74 Å². The molecule has 1 N–H and O–H groups in total. The summed E-state index contributed by atoms with van der Waals surface area (Å²) in [5.41, 5.74) is 0. The van der Waals surface area contributed by atoms with Crippen molar-refractivity contribution in [1.82, 2.24) is 5.32 Å². The van der Waals surface area contributed by atoms with E-state index in [0.717, 1.165) is 25.2 Å². The molecule has 1 aliphatic heterocycles. The van der Waals surface area contributed by atoms with Crippen LogP contribution in [0.4, 0.5) is 0 Å². The first kappa shape index (κ1) is 12.7. The van der Waals surface area contributed by atoms with Crippen LogP contribution in [0.2, 0.25) is 0 Å². The highest BCUT2D eigenvalue weighted by Gasteiger charge is 2.23. The van der Waals surface area contributed by atoms with Crippen molar-refractivity contribution in [2.75, 3.05) is 6.61 Å². The van der Waals surface area contributed by atoms with Gasteiger partial charge in [-0.1, -0.05) is 13.3 Å². The molecule has 0 spiro atoms. The van der Waals surface area contributed by atoms with Gasteiger partial charge in [0.1, 0.15) is 5.76 Å². The van der Waals surface area contributed by atoms with Crippen LogP contribution < -0.4 is 5.32 Å². The molecule has 3 heteroatoms. The Kier molecular flexibility index (Phi) is 4.63. The van der Waals surface area contributed by atoms with Crippen LogP contribution in [0.1, 0.15) is 51.3 Å². The SMILES string of the molecule is CCCC1CC(N[C@@H](C)c2ccco2)CCO1. The molecule has 2 rings (SSSR count). The Labute approximate surface area is 104 Å². The van der Waals surface area contributed by atoms with Crippen molar-refractivity contribution in [3.8, 4) is 0 Å². The minimum absolute atomic E-state index is 0.287. The molecular weight excluding hydrogens is 214 g/mol. The number of nitrogens with one attached hydrogen (secondary N) is 1. The monoisotopic (exact) mass is 237 g/mol. The quantitative estimate of drug-likeness (QED) is 0.853. The highest BCUT2D eigenvalue weighted by Crippen LogP contribution is 2.21. The Morgan fingerprint density at radius 1 is 1.53 bits per heavy atom. The molecule has 3 atom stereocenters. The second-order valence-corrected chi connectivity index (χ2v) is 4.91. The zero-order valence-corrected chi connectivity index (χ0v) is 10.8. The predicted molar refractivity (Wildman–Crippen MR) is 67.9 cm³/mol. The van der Waals surface area contributed by atoms with Crippen LogP contribution in [0.3, 0.4) is 0 Å². The minimum atomic E-state index is 0.287. The van der Waals surface area contributed by atoms with E-state index in [-0.39, 0.29) is 6.04 Å². The number of furan rings is 1. The number of hydrogen-bond acceptors (Lipinski definition) is 3. The Morgan fingerprint density at radius 2 is 2.41 bits per heavy atom. The van der Waals surface area contributed by atoms with E-state index < -0.39 is 0 Å². The molecule has 1 aromatic heterocycles. The smallest absolute Gasteiger partial charge is 0.120 e. The molecule has 1 saturated heterocycles. The molecule has 1 fully saturated rings. The zero-order chi connectivity index (χ0) is 12.1. The molecule has 96 valence electrons. The van der Waals surface area contributed by atoms with Crippen molar-refractivity contribution in [3.05, 3.63) is 24.2 Å². The van der Waals surface area contributed by atoms with Crippen LogP contribution >= 0.6 is 0 Å². The number of hydrogen-bond donors (Lipinski definition) is 1. The first-order valence-corrected chi connectivity index (χ1v) is 6.70. The highest BCUT2D eigenvalue weighted by molar-refractivity contribution is 5.03. The maximum absolute atomic E-state index is 5.76. The summed E-state index contributed by atoms with van der Waals surface area (Å²) in [4.78, 5) is 0. The maximum atomic E-state index is 5.76. The van der Waals surface area contributed by atoms with E-state index in [2.05, 4.69) is 19.2 Å². The Hall–Kier alpha value is -0.800. The summed E-state index contributed by atoms with van der Waals surface area (Å²) >= 11 is 0. The molecule has 0 aliphatic carbocycles. The van der Waals surface area contributed by atoms with Gasteiger partial charge in [0.2, 0.25) is 0 Å². The molecular formula is C14H23NO2. The molecule has 0 radical (unpaired) electrons. The van der Waals surface area contributed by atoms with Gasteiger partial charge in [0, 0.05) is 12.6 Å². The van der Waals surface area contributed by atoms with Crippen molar-refractivity contribution < 1.29 is 9.15 Å². The number of ether oxygens (including phenoxy) is 1. The van der Waals surface area contributed by atoms with Crippen molar-refractivity contribution in [3.63, 3.8) is 0 Å². The zero-order valence-electron chi connectivity index (χ0n) is 10.8. The minimum Gasteiger partial charge on any atom is -0.468 e. The lowest BCUT2D eigenvalue weighted by atomic mass is 9.99. The van der Waals surface area contributed by atoms with E-state index in [1.807, 2.05) is 12.1 Å². The lowest BCUT2D eigenvalue weighted by Gasteiger charge is -2.31. The third-order valence-electron chi connectivity index (χ3n) is 3.43. The van der Waals surface area contributed by atoms with E-state index in [9.17, 15) is 0 Å². The highest BCUT2D eigenvalue weighted by atomic mass is 16.5. The largest absolute Gasteiger partial charge is 0.468 e. The summed E-state index contributed by atoms with van der Waals surface area (Å²) in [5, 5.41) is 3.64. The van der Waals surface area contributed by atoms with Crippen LogP contribution in [0.5, 0.6) is 0 Å². The molecule has 17 heavy (non-hydrogen) atoms. The molecule has 1 aliphatic rings. The van der Waals surface area contributed by atoms with Gasteiger partial charge in [0.05, 0.1) is 18.4 Å². The van der Waals surface area contributed by atoms with Gasteiger partial charge >= 0.3 is 0 Å². The summed E-state index contributed by atoms with van der Waals surface area (Å²) in [6.45, 7) is 5.25. The van der Waals surface area contributed by atoms with Gasteiger partial charge in [-0.05, 0) is 38.3 Å². The van der Waals surface area contributed by atoms with E-state index in [1.165, 1.54) is 12.8 Å². The normalized spacial score (nSPS) is 26.9. The first-order chi connectivity index (χ1) is 8.29. The van der Waals surface area contributed by atoms with Gasteiger partial charge in [0.25, 0.3) is 0 Å².